The number of aromatic nitrogens is 1. The van der Waals surface area contributed by atoms with Gasteiger partial charge in [-0.1, -0.05) is 6.07 Å². The molecule has 1 N–H and O–H groups in total. The fourth-order valence-corrected chi connectivity index (χ4v) is 2.92. The van der Waals surface area contributed by atoms with Crippen molar-refractivity contribution in [3.8, 4) is 5.88 Å². The Morgan fingerprint density at radius 3 is 2.90 bits per heavy atom. The smallest absolute Gasteiger partial charge is 0.407 e. The molecule has 3 rings (SSSR count). The molecule has 20 heavy (non-hydrogen) atoms. The number of pyridine rings is 1. The molecule has 6 nitrogen and oxygen atoms in total. The zero-order valence-corrected chi connectivity index (χ0v) is 11.2. The van der Waals surface area contributed by atoms with Crippen LogP contribution in [0.4, 0.5) is 4.79 Å². The molecule has 3 heterocycles. The van der Waals surface area contributed by atoms with Gasteiger partial charge in [-0.25, -0.2) is 9.78 Å². The van der Waals surface area contributed by atoms with E-state index in [4.69, 9.17) is 14.6 Å². The van der Waals surface area contributed by atoms with E-state index in [-0.39, 0.29) is 11.7 Å². The van der Waals surface area contributed by atoms with Crippen molar-refractivity contribution in [2.45, 2.75) is 31.0 Å². The van der Waals surface area contributed by atoms with Gasteiger partial charge in [0.2, 0.25) is 5.88 Å². The molecule has 2 fully saturated rings. The van der Waals surface area contributed by atoms with Crippen LogP contribution in [0.15, 0.2) is 24.4 Å². The van der Waals surface area contributed by atoms with Crippen LogP contribution < -0.4 is 4.74 Å². The maximum absolute atomic E-state index is 10.9. The van der Waals surface area contributed by atoms with E-state index in [0.29, 0.717) is 25.6 Å². The molecule has 2 aliphatic heterocycles. The minimum atomic E-state index is -0.848. The molecule has 6 heteroatoms. The maximum atomic E-state index is 10.9. The number of piperidine rings is 1. The second-order valence-electron chi connectivity index (χ2n) is 5.38. The topological polar surface area (TPSA) is 71.9 Å². The first kappa shape index (κ1) is 13.2. The summed E-state index contributed by atoms with van der Waals surface area (Å²) in [6.45, 7) is 1.61. The van der Waals surface area contributed by atoms with Crippen molar-refractivity contribution in [2.24, 2.45) is 0 Å². The molecule has 0 radical (unpaired) electrons. The summed E-state index contributed by atoms with van der Waals surface area (Å²) in [5, 5.41) is 8.97. The number of carboxylic acid groups (broad SMARTS) is 1. The molecule has 1 atom stereocenters. The second-order valence-corrected chi connectivity index (χ2v) is 5.38. The summed E-state index contributed by atoms with van der Waals surface area (Å²) in [6, 6.07) is 5.57. The van der Waals surface area contributed by atoms with Gasteiger partial charge in [-0.3, -0.25) is 0 Å². The molecule has 108 valence electrons. The van der Waals surface area contributed by atoms with Crippen LogP contribution in [-0.4, -0.2) is 52.5 Å². The number of nitrogens with zero attached hydrogens (tertiary/aromatic N) is 2. The lowest BCUT2D eigenvalue weighted by molar-refractivity contribution is -0.0401. The van der Waals surface area contributed by atoms with Crippen LogP contribution in [0.2, 0.25) is 0 Å². The van der Waals surface area contributed by atoms with Crippen molar-refractivity contribution in [1.82, 2.24) is 9.88 Å². The van der Waals surface area contributed by atoms with Gasteiger partial charge in [0.1, 0.15) is 6.10 Å². The molecule has 0 bridgehead atoms. The van der Waals surface area contributed by atoms with E-state index in [9.17, 15) is 4.79 Å². The average Bonchev–Trinajstić information content (AvgIpc) is 2.83. The summed E-state index contributed by atoms with van der Waals surface area (Å²) in [5.74, 6) is 0.612. The van der Waals surface area contributed by atoms with Crippen molar-refractivity contribution in [3.63, 3.8) is 0 Å². The zero-order valence-electron chi connectivity index (χ0n) is 11.2. The highest BCUT2D eigenvalue weighted by atomic mass is 16.6. The third kappa shape index (κ3) is 2.70. The molecule has 1 aromatic heterocycles. The van der Waals surface area contributed by atoms with Crippen LogP contribution in [0.5, 0.6) is 5.88 Å². The van der Waals surface area contributed by atoms with Crippen molar-refractivity contribution < 1.29 is 19.4 Å². The molecular formula is C14H18N2O4. The standard InChI is InChI=1S/C14H18N2O4/c17-13(18)16-7-4-14(5-8-16)9-11(10-19-14)20-12-3-1-2-6-15-12/h1-3,6,11H,4-5,7-10H2,(H,17,18). The molecule has 1 aromatic rings. The number of amides is 1. The highest BCUT2D eigenvalue weighted by molar-refractivity contribution is 5.65. The molecular weight excluding hydrogens is 260 g/mol. The lowest BCUT2D eigenvalue weighted by atomic mass is 9.88. The van der Waals surface area contributed by atoms with Crippen LogP contribution in [-0.2, 0) is 4.74 Å². The first-order chi connectivity index (χ1) is 9.67. The average molecular weight is 278 g/mol. The second kappa shape index (κ2) is 5.28. The van der Waals surface area contributed by atoms with Crippen molar-refractivity contribution in [3.05, 3.63) is 24.4 Å². The van der Waals surface area contributed by atoms with Gasteiger partial charge in [0.05, 0.1) is 12.2 Å². The minimum Gasteiger partial charge on any atom is -0.472 e. The molecule has 2 saturated heterocycles. The predicted octanol–water partition coefficient (Wildman–Crippen LogP) is 1.76. The molecule has 2 aliphatic rings. The molecule has 1 unspecified atom stereocenters. The summed E-state index contributed by atoms with van der Waals surface area (Å²) in [6.07, 6.45) is 3.13. The summed E-state index contributed by atoms with van der Waals surface area (Å²) in [4.78, 5) is 16.5. The van der Waals surface area contributed by atoms with Gasteiger partial charge in [-0.2, -0.15) is 0 Å². The normalized spacial score (nSPS) is 24.8. The van der Waals surface area contributed by atoms with Gasteiger partial charge in [-0.05, 0) is 18.9 Å². The lowest BCUT2D eigenvalue weighted by Crippen LogP contribution is -2.46. The Morgan fingerprint density at radius 1 is 1.45 bits per heavy atom. The minimum absolute atomic E-state index is 0.00118. The molecule has 0 aromatic carbocycles. The molecule has 1 amide bonds. The Bertz CT molecular complexity index is 471. The first-order valence-corrected chi connectivity index (χ1v) is 6.86. The van der Waals surface area contributed by atoms with Crippen molar-refractivity contribution in [2.75, 3.05) is 19.7 Å². The maximum Gasteiger partial charge on any atom is 0.407 e. The first-order valence-electron chi connectivity index (χ1n) is 6.86. The number of rotatable bonds is 2. The largest absolute Gasteiger partial charge is 0.472 e. The Hall–Kier alpha value is -1.82. The molecule has 1 spiro atoms. The van der Waals surface area contributed by atoms with E-state index in [1.54, 1.807) is 6.20 Å². The van der Waals surface area contributed by atoms with E-state index < -0.39 is 6.09 Å². The SMILES string of the molecule is O=C(O)N1CCC2(CC1)CC(Oc1ccccn1)CO2. The lowest BCUT2D eigenvalue weighted by Gasteiger charge is -2.37. The Balaban J connectivity index is 1.56. The number of carbonyl (C=O) groups is 1. The predicted molar refractivity (Wildman–Crippen MR) is 70.8 cm³/mol. The summed E-state index contributed by atoms with van der Waals surface area (Å²) < 4.78 is 11.7. The Morgan fingerprint density at radius 2 is 2.25 bits per heavy atom. The monoisotopic (exact) mass is 278 g/mol. The van der Waals surface area contributed by atoms with E-state index >= 15 is 0 Å². The number of ether oxygens (including phenoxy) is 2. The van der Waals surface area contributed by atoms with Gasteiger partial charge >= 0.3 is 6.09 Å². The quantitative estimate of drug-likeness (QED) is 0.892. The Kier molecular flexibility index (Phi) is 3.48. The zero-order chi connectivity index (χ0) is 14.0. The van der Waals surface area contributed by atoms with Crippen molar-refractivity contribution >= 4 is 6.09 Å². The van der Waals surface area contributed by atoms with Crippen LogP contribution in [0, 0.1) is 0 Å². The van der Waals surface area contributed by atoms with Crippen LogP contribution in [0.3, 0.4) is 0 Å². The van der Waals surface area contributed by atoms with Crippen molar-refractivity contribution in [1.29, 1.82) is 0 Å². The third-order valence-electron chi connectivity index (χ3n) is 4.05. The van der Waals surface area contributed by atoms with E-state index in [1.165, 1.54) is 4.90 Å². The van der Waals surface area contributed by atoms with Gasteiger partial charge < -0.3 is 19.5 Å². The molecule has 0 saturated carbocycles. The highest BCUT2D eigenvalue weighted by Crippen LogP contribution is 2.37. The van der Waals surface area contributed by atoms with Crippen LogP contribution in [0.1, 0.15) is 19.3 Å². The summed E-state index contributed by atoms with van der Waals surface area (Å²) in [5.41, 5.74) is -0.217. The van der Waals surface area contributed by atoms with E-state index in [1.807, 2.05) is 18.2 Å². The number of likely N-dealkylation sites (tertiary alicyclic amines) is 1. The Labute approximate surface area is 117 Å². The van der Waals surface area contributed by atoms with Gasteiger partial charge in [0.15, 0.2) is 0 Å². The van der Waals surface area contributed by atoms with Gasteiger partial charge in [0.25, 0.3) is 0 Å². The molecule has 0 aliphatic carbocycles. The van der Waals surface area contributed by atoms with Crippen LogP contribution in [0.25, 0.3) is 0 Å². The fourth-order valence-electron chi connectivity index (χ4n) is 2.92. The van der Waals surface area contributed by atoms with Crippen LogP contribution >= 0.6 is 0 Å². The number of hydrogen-bond donors (Lipinski definition) is 1. The highest BCUT2D eigenvalue weighted by Gasteiger charge is 2.44. The number of hydrogen-bond acceptors (Lipinski definition) is 4. The third-order valence-corrected chi connectivity index (χ3v) is 4.05. The fraction of sp³-hybridized carbons (Fsp3) is 0.571. The summed E-state index contributed by atoms with van der Waals surface area (Å²) >= 11 is 0. The van der Waals surface area contributed by atoms with Gasteiger partial charge in [0, 0.05) is 31.8 Å². The van der Waals surface area contributed by atoms with E-state index in [0.717, 1.165) is 19.3 Å². The summed E-state index contributed by atoms with van der Waals surface area (Å²) in [7, 11) is 0. The van der Waals surface area contributed by atoms with Gasteiger partial charge in [-0.15, -0.1) is 0 Å². The van der Waals surface area contributed by atoms with E-state index in [2.05, 4.69) is 4.98 Å².